The largest absolute Gasteiger partial charge is 0.338 e. The molecule has 5 nitrogen and oxygen atoms in total. The number of hydrogen-bond acceptors (Lipinski definition) is 3. The van der Waals surface area contributed by atoms with Gasteiger partial charge in [-0.1, -0.05) is 6.07 Å². The molecule has 1 fully saturated rings. The fourth-order valence-corrected chi connectivity index (χ4v) is 2.37. The monoisotopic (exact) mass is 249 g/mol. The second-order valence-electron chi connectivity index (χ2n) is 4.93. The van der Waals surface area contributed by atoms with Gasteiger partial charge in [-0.2, -0.15) is 0 Å². The predicted molar refractivity (Wildman–Crippen MR) is 69.3 cm³/mol. The lowest BCUT2D eigenvalue weighted by Crippen LogP contribution is -2.56. The van der Waals surface area contributed by atoms with Crippen LogP contribution in [-0.4, -0.2) is 40.5 Å². The first-order chi connectivity index (χ1) is 8.56. The summed E-state index contributed by atoms with van der Waals surface area (Å²) in [6.07, 6.45) is 1.65. The highest BCUT2D eigenvalue weighted by Crippen LogP contribution is 2.05. The van der Waals surface area contributed by atoms with Gasteiger partial charge in [0.25, 0.3) is 5.56 Å². The van der Waals surface area contributed by atoms with Crippen LogP contribution in [0.25, 0.3) is 0 Å². The van der Waals surface area contributed by atoms with E-state index >= 15 is 0 Å². The third-order valence-electron chi connectivity index (χ3n) is 3.11. The second kappa shape index (κ2) is 5.35. The van der Waals surface area contributed by atoms with Gasteiger partial charge < -0.3 is 14.8 Å². The normalized spacial score (nSPS) is 24.0. The van der Waals surface area contributed by atoms with Crippen molar-refractivity contribution in [2.24, 2.45) is 0 Å². The van der Waals surface area contributed by atoms with Gasteiger partial charge in [0.15, 0.2) is 0 Å². The van der Waals surface area contributed by atoms with Gasteiger partial charge in [0.2, 0.25) is 5.91 Å². The van der Waals surface area contributed by atoms with E-state index in [2.05, 4.69) is 19.2 Å². The molecule has 0 aromatic carbocycles. The molecule has 1 N–H and O–H groups in total. The number of rotatable bonds is 2. The third kappa shape index (κ3) is 2.98. The maximum absolute atomic E-state index is 12.1. The van der Waals surface area contributed by atoms with Crippen LogP contribution in [0.2, 0.25) is 0 Å². The lowest BCUT2D eigenvalue weighted by atomic mass is 10.1. The Kier molecular flexibility index (Phi) is 3.81. The smallest absolute Gasteiger partial charge is 0.250 e. The molecule has 5 heteroatoms. The summed E-state index contributed by atoms with van der Waals surface area (Å²) >= 11 is 0. The van der Waals surface area contributed by atoms with Gasteiger partial charge in [0.1, 0.15) is 6.54 Å². The number of hydrogen-bond donors (Lipinski definition) is 1. The summed E-state index contributed by atoms with van der Waals surface area (Å²) in [6.45, 7) is 5.64. The maximum Gasteiger partial charge on any atom is 0.250 e. The Hall–Kier alpha value is -1.62. The van der Waals surface area contributed by atoms with Crippen molar-refractivity contribution in [3.63, 3.8) is 0 Å². The Morgan fingerprint density at radius 1 is 1.33 bits per heavy atom. The molecule has 1 aliphatic heterocycles. The van der Waals surface area contributed by atoms with Crippen molar-refractivity contribution in [2.75, 3.05) is 13.1 Å². The fourth-order valence-electron chi connectivity index (χ4n) is 2.37. The zero-order chi connectivity index (χ0) is 13.1. The van der Waals surface area contributed by atoms with E-state index in [0.717, 1.165) is 0 Å². The van der Waals surface area contributed by atoms with E-state index in [1.54, 1.807) is 18.3 Å². The number of aromatic nitrogens is 1. The molecule has 2 rings (SSSR count). The van der Waals surface area contributed by atoms with E-state index in [9.17, 15) is 9.59 Å². The van der Waals surface area contributed by atoms with Crippen molar-refractivity contribution >= 4 is 5.91 Å². The summed E-state index contributed by atoms with van der Waals surface area (Å²) in [6, 6.07) is 5.50. The molecule has 0 saturated carbocycles. The summed E-state index contributed by atoms with van der Waals surface area (Å²) in [7, 11) is 0. The first-order valence-corrected chi connectivity index (χ1v) is 6.25. The number of nitrogens with one attached hydrogen (secondary N) is 1. The van der Waals surface area contributed by atoms with Crippen molar-refractivity contribution in [1.29, 1.82) is 0 Å². The average Bonchev–Trinajstić information content (AvgIpc) is 2.31. The SMILES string of the molecule is C[C@@H]1CN(C(=O)Cn2ccccc2=O)C[C@H](C)N1. The first kappa shape index (κ1) is 12.8. The van der Waals surface area contributed by atoms with Crippen molar-refractivity contribution < 1.29 is 4.79 Å². The summed E-state index contributed by atoms with van der Waals surface area (Å²) in [5.41, 5.74) is -0.137. The fraction of sp³-hybridized carbons (Fsp3) is 0.538. The number of amides is 1. The van der Waals surface area contributed by atoms with Gasteiger partial charge in [-0.15, -0.1) is 0 Å². The summed E-state index contributed by atoms with van der Waals surface area (Å²) in [4.78, 5) is 25.5. The van der Waals surface area contributed by atoms with E-state index in [0.29, 0.717) is 25.2 Å². The maximum atomic E-state index is 12.1. The van der Waals surface area contributed by atoms with Crippen LogP contribution in [-0.2, 0) is 11.3 Å². The molecular formula is C13H19N3O2. The molecule has 1 aliphatic rings. The molecule has 1 aromatic rings. The van der Waals surface area contributed by atoms with Crippen LogP contribution in [0, 0.1) is 0 Å². The van der Waals surface area contributed by atoms with E-state index in [4.69, 9.17) is 0 Å². The molecule has 98 valence electrons. The van der Waals surface area contributed by atoms with Crippen LogP contribution < -0.4 is 10.9 Å². The average molecular weight is 249 g/mol. The van der Waals surface area contributed by atoms with Crippen LogP contribution in [0.1, 0.15) is 13.8 Å². The number of carbonyl (C=O) groups excluding carboxylic acids is 1. The van der Waals surface area contributed by atoms with Gasteiger partial charge in [-0.25, -0.2) is 0 Å². The van der Waals surface area contributed by atoms with Gasteiger partial charge >= 0.3 is 0 Å². The predicted octanol–water partition coefficient (Wildman–Crippen LogP) is 0.0571. The number of carbonyl (C=O) groups is 1. The highest BCUT2D eigenvalue weighted by atomic mass is 16.2. The van der Waals surface area contributed by atoms with Gasteiger partial charge in [0, 0.05) is 37.4 Å². The molecule has 0 bridgehead atoms. The van der Waals surface area contributed by atoms with Crippen LogP contribution in [0.3, 0.4) is 0 Å². The van der Waals surface area contributed by atoms with Crippen LogP contribution in [0.5, 0.6) is 0 Å². The summed E-state index contributed by atoms with van der Waals surface area (Å²) in [5.74, 6) is 0.00324. The Balaban J connectivity index is 2.04. The Morgan fingerprint density at radius 2 is 2.00 bits per heavy atom. The zero-order valence-corrected chi connectivity index (χ0v) is 10.8. The minimum absolute atomic E-state index is 0.00324. The van der Waals surface area contributed by atoms with E-state index in [1.807, 2.05) is 4.90 Å². The van der Waals surface area contributed by atoms with Gasteiger partial charge in [-0.3, -0.25) is 9.59 Å². The molecular weight excluding hydrogens is 230 g/mol. The molecule has 18 heavy (non-hydrogen) atoms. The Bertz CT molecular complexity index is 473. The standard InChI is InChI=1S/C13H19N3O2/c1-10-7-16(8-11(2)14-10)13(18)9-15-6-4-3-5-12(15)17/h3-6,10-11,14H,7-9H2,1-2H3/t10-,11+. The minimum atomic E-state index is -0.137. The van der Waals surface area contributed by atoms with Gasteiger partial charge in [0.05, 0.1) is 0 Å². The summed E-state index contributed by atoms with van der Waals surface area (Å²) < 4.78 is 1.44. The first-order valence-electron chi connectivity index (χ1n) is 6.25. The summed E-state index contributed by atoms with van der Waals surface area (Å²) in [5, 5.41) is 3.38. The molecule has 0 unspecified atom stereocenters. The Labute approximate surface area is 106 Å². The minimum Gasteiger partial charge on any atom is -0.338 e. The molecule has 0 spiro atoms. The van der Waals surface area contributed by atoms with Crippen molar-refractivity contribution in [3.05, 3.63) is 34.7 Å². The molecule has 1 saturated heterocycles. The van der Waals surface area contributed by atoms with Crippen molar-refractivity contribution in [2.45, 2.75) is 32.5 Å². The van der Waals surface area contributed by atoms with Crippen LogP contribution in [0.15, 0.2) is 29.2 Å². The van der Waals surface area contributed by atoms with Crippen molar-refractivity contribution in [1.82, 2.24) is 14.8 Å². The molecule has 1 amide bonds. The molecule has 0 aliphatic carbocycles. The second-order valence-corrected chi connectivity index (χ2v) is 4.93. The molecule has 2 heterocycles. The Morgan fingerprint density at radius 3 is 2.61 bits per heavy atom. The van der Waals surface area contributed by atoms with Crippen LogP contribution in [0.4, 0.5) is 0 Å². The lowest BCUT2D eigenvalue weighted by molar-refractivity contribution is -0.133. The quantitative estimate of drug-likeness (QED) is 0.806. The van der Waals surface area contributed by atoms with Gasteiger partial charge in [-0.05, 0) is 19.9 Å². The highest BCUT2D eigenvalue weighted by molar-refractivity contribution is 5.76. The topological polar surface area (TPSA) is 54.3 Å². The molecule has 1 aromatic heterocycles. The number of nitrogens with zero attached hydrogens (tertiary/aromatic N) is 2. The van der Waals surface area contributed by atoms with E-state index in [-0.39, 0.29) is 18.0 Å². The number of pyridine rings is 1. The molecule has 2 atom stereocenters. The third-order valence-corrected chi connectivity index (χ3v) is 3.11. The van der Waals surface area contributed by atoms with Crippen LogP contribution >= 0.6 is 0 Å². The highest BCUT2D eigenvalue weighted by Gasteiger charge is 2.24. The lowest BCUT2D eigenvalue weighted by Gasteiger charge is -2.36. The zero-order valence-electron chi connectivity index (χ0n) is 10.8. The van der Waals surface area contributed by atoms with E-state index in [1.165, 1.54) is 10.6 Å². The number of piperazine rings is 1. The van der Waals surface area contributed by atoms with Crippen molar-refractivity contribution in [3.8, 4) is 0 Å². The van der Waals surface area contributed by atoms with E-state index < -0.39 is 0 Å². The molecule has 0 radical (unpaired) electrons.